The first-order chi connectivity index (χ1) is 7.29. The van der Waals surface area contributed by atoms with Gasteiger partial charge in [0.05, 0.1) is 0 Å². The van der Waals surface area contributed by atoms with Gasteiger partial charge in [0.25, 0.3) is 0 Å². The van der Waals surface area contributed by atoms with E-state index < -0.39 is 0 Å². The summed E-state index contributed by atoms with van der Waals surface area (Å²) in [5.74, 6) is 1.57. The maximum atomic E-state index is 11.3. The Hall–Kier alpha value is 0.0400. The molecule has 0 aromatic heterocycles. The lowest BCUT2D eigenvalue weighted by Gasteiger charge is -1.99. The Bertz CT molecular complexity index is 195. The summed E-state index contributed by atoms with van der Waals surface area (Å²) in [5, 5.41) is 0.588. The van der Waals surface area contributed by atoms with Crippen molar-refractivity contribution in [2.24, 2.45) is 0 Å². The van der Waals surface area contributed by atoms with Gasteiger partial charge in [0, 0.05) is 24.3 Å². The van der Waals surface area contributed by atoms with E-state index >= 15 is 0 Å². The fourth-order valence-corrected chi connectivity index (χ4v) is 3.22. The van der Waals surface area contributed by atoms with Crippen molar-refractivity contribution in [3.05, 3.63) is 0 Å². The standard InChI is InChI=1S/C11H18O2S2/c12-10-6-4-2-1-3-5-7-11(13)15-9-8-14-10/h1-9H2. The zero-order valence-corrected chi connectivity index (χ0v) is 10.6. The van der Waals surface area contributed by atoms with Crippen molar-refractivity contribution in [1.29, 1.82) is 0 Å². The van der Waals surface area contributed by atoms with E-state index in [1.54, 1.807) is 0 Å². The smallest absolute Gasteiger partial charge is 0.188 e. The summed E-state index contributed by atoms with van der Waals surface area (Å²) in [7, 11) is 0. The minimum Gasteiger partial charge on any atom is -0.287 e. The molecule has 1 fully saturated rings. The molecule has 1 aliphatic rings. The van der Waals surface area contributed by atoms with Crippen molar-refractivity contribution in [3.63, 3.8) is 0 Å². The van der Waals surface area contributed by atoms with Gasteiger partial charge >= 0.3 is 0 Å². The third kappa shape index (κ3) is 7.01. The van der Waals surface area contributed by atoms with Crippen LogP contribution in [-0.4, -0.2) is 21.7 Å². The van der Waals surface area contributed by atoms with Crippen molar-refractivity contribution < 1.29 is 9.59 Å². The molecule has 0 aromatic rings. The van der Waals surface area contributed by atoms with Crippen LogP contribution in [0.4, 0.5) is 0 Å². The van der Waals surface area contributed by atoms with E-state index in [2.05, 4.69) is 0 Å². The molecular weight excluding hydrogens is 228 g/mol. The number of rotatable bonds is 0. The molecule has 0 spiro atoms. The molecule has 0 aliphatic carbocycles. The molecule has 2 nitrogen and oxygen atoms in total. The topological polar surface area (TPSA) is 34.1 Å². The van der Waals surface area contributed by atoms with Crippen LogP contribution in [0.2, 0.25) is 0 Å². The Balaban J connectivity index is 2.27. The summed E-state index contributed by atoms with van der Waals surface area (Å²) in [6, 6.07) is 0. The molecule has 86 valence electrons. The van der Waals surface area contributed by atoms with E-state index in [9.17, 15) is 9.59 Å². The maximum absolute atomic E-state index is 11.3. The van der Waals surface area contributed by atoms with Crippen molar-refractivity contribution in [3.8, 4) is 0 Å². The average molecular weight is 246 g/mol. The van der Waals surface area contributed by atoms with Crippen LogP contribution in [0.25, 0.3) is 0 Å². The van der Waals surface area contributed by atoms with Crippen LogP contribution in [0.5, 0.6) is 0 Å². The highest BCUT2D eigenvalue weighted by Crippen LogP contribution is 2.17. The molecule has 1 rings (SSSR count). The van der Waals surface area contributed by atoms with Gasteiger partial charge in [-0.25, -0.2) is 0 Å². The average Bonchev–Trinajstić information content (AvgIpc) is 2.23. The summed E-state index contributed by atoms with van der Waals surface area (Å²) in [6.45, 7) is 0. The van der Waals surface area contributed by atoms with Crippen molar-refractivity contribution in [2.45, 2.75) is 44.9 Å². The van der Waals surface area contributed by atoms with Gasteiger partial charge in [0.1, 0.15) is 0 Å². The lowest BCUT2D eigenvalue weighted by molar-refractivity contribution is -0.111. The SMILES string of the molecule is O=C1CCCCCCCC(=O)SCCS1. The second-order valence-corrected chi connectivity index (χ2v) is 6.01. The highest BCUT2D eigenvalue weighted by Gasteiger charge is 2.07. The predicted octanol–water partition coefficient (Wildman–Crippen LogP) is 3.25. The number of thioether (sulfide) groups is 2. The van der Waals surface area contributed by atoms with Crippen molar-refractivity contribution in [1.82, 2.24) is 0 Å². The summed E-state index contributed by atoms with van der Waals surface area (Å²) in [6.07, 6.45) is 6.89. The minimum absolute atomic E-state index is 0.294. The van der Waals surface area contributed by atoms with Crippen LogP contribution < -0.4 is 0 Å². The van der Waals surface area contributed by atoms with Gasteiger partial charge < -0.3 is 0 Å². The molecule has 0 aromatic carbocycles. The van der Waals surface area contributed by atoms with E-state index in [0.29, 0.717) is 23.1 Å². The molecule has 0 atom stereocenters. The lowest BCUT2D eigenvalue weighted by atomic mass is 10.1. The van der Waals surface area contributed by atoms with Crippen molar-refractivity contribution >= 4 is 33.8 Å². The fourth-order valence-electron chi connectivity index (χ4n) is 1.52. The van der Waals surface area contributed by atoms with Crippen LogP contribution in [-0.2, 0) is 9.59 Å². The molecular formula is C11H18O2S2. The zero-order chi connectivity index (χ0) is 10.9. The normalized spacial score (nSPS) is 22.7. The summed E-state index contributed by atoms with van der Waals surface area (Å²) in [4.78, 5) is 22.7. The van der Waals surface area contributed by atoms with Gasteiger partial charge in [-0.05, 0) is 12.8 Å². The molecule has 15 heavy (non-hydrogen) atoms. The third-order valence-electron chi connectivity index (χ3n) is 2.37. The summed E-state index contributed by atoms with van der Waals surface area (Å²) in [5.41, 5.74) is 0. The van der Waals surface area contributed by atoms with Gasteiger partial charge in [-0.1, -0.05) is 42.8 Å². The molecule has 0 N–H and O–H groups in total. The Morgan fingerprint density at radius 1 is 0.667 bits per heavy atom. The maximum Gasteiger partial charge on any atom is 0.188 e. The van der Waals surface area contributed by atoms with Gasteiger partial charge in [0.2, 0.25) is 0 Å². The number of hydrogen-bond acceptors (Lipinski definition) is 4. The molecule has 0 saturated carbocycles. The van der Waals surface area contributed by atoms with E-state index in [1.165, 1.54) is 23.5 Å². The first-order valence-corrected chi connectivity index (χ1v) is 7.57. The Kier molecular flexibility index (Phi) is 7.18. The van der Waals surface area contributed by atoms with Gasteiger partial charge in [-0.15, -0.1) is 0 Å². The first kappa shape index (κ1) is 13.1. The van der Waals surface area contributed by atoms with E-state index in [0.717, 1.165) is 43.6 Å². The highest BCUT2D eigenvalue weighted by molar-refractivity contribution is 8.16. The van der Waals surface area contributed by atoms with Crippen LogP contribution in [0.1, 0.15) is 44.9 Å². The Morgan fingerprint density at radius 2 is 1.07 bits per heavy atom. The predicted molar refractivity (Wildman–Crippen MR) is 67.2 cm³/mol. The second kappa shape index (κ2) is 8.22. The lowest BCUT2D eigenvalue weighted by Crippen LogP contribution is -1.97. The summed E-state index contributed by atoms with van der Waals surface area (Å²) >= 11 is 2.78. The van der Waals surface area contributed by atoms with E-state index in [4.69, 9.17) is 0 Å². The van der Waals surface area contributed by atoms with Crippen LogP contribution in [0.3, 0.4) is 0 Å². The molecule has 0 unspecified atom stereocenters. The molecule has 1 saturated heterocycles. The van der Waals surface area contributed by atoms with Crippen molar-refractivity contribution in [2.75, 3.05) is 11.5 Å². The van der Waals surface area contributed by atoms with Gasteiger partial charge in [-0.2, -0.15) is 0 Å². The minimum atomic E-state index is 0.294. The molecule has 1 heterocycles. The van der Waals surface area contributed by atoms with Crippen LogP contribution in [0, 0.1) is 0 Å². The number of carbonyl (C=O) groups excluding carboxylic acids is 2. The van der Waals surface area contributed by atoms with E-state index in [-0.39, 0.29) is 0 Å². The fraction of sp³-hybridized carbons (Fsp3) is 0.818. The molecule has 0 bridgehead atoms. The Labute approximate surface area is 100.0 Å². The molecule has 4 heteroatoms. The zero-order valence-electron chi connectivity index (χ0n) is 9.00. The Morgan fingerprint density at radius 3 is 1.53 bits per heavy atom. The molecule has 0 amide bonds. The molecule has 0 radical (unpaired) electrons. The largest absolute Gasteiger partial charge is 0.287 e. The second-order valence-electron chi connectivity index (χ2n) is 3.71. The highest BCUT2D eigenvalue weighted by atomic mass is 32.2. The monoisotopic (exact) mass is 246 g/mol. The quantitative estimate of drug-likeness (QED) is 0.657. The molecule has 1 aliphatic heterocycles. The van der Waals surface area contributed by atoms with Gasteiger partial charge in [-0.3, -0.25) is 9.59 Å². The third-order valence-corrected chi connectivity index (χ3v) is 4.50. The van der Waals surface area contributed by atoms with Crippen LogP contribution >= 0.6 is 23.5 Å². The summed E-state index contributed by atoms with van der Waals surface area (Å²) < 4.78 is 0. The number of carbonyl (C=O) groups is 2. The van der Waals surface area contributed by atoms with Crippen LogP contribution in [0.15, 0.2) is 0 Å². The van der Waals surface area contributed by atoms with Gasteiger partial charge in [0.15, 0.2) is 10.2 Å². The number of hydrogen-bond donors (Lipinski definition) is 0. The van der Waals surface area contributed by atoms with E-state index in [1.807, 2.05) is 0 Å². The first-order valence-electron chi connectivity index (χ1n) is 5.60.